The maximum absolute atomic E-state index is 13.5. The molecule has 0 bridgehead atoms. The quantitative estimate of drug-likeness (QED) is 0.0318. The molecule has 2 amide bonds. The van der Waals surface area contributed by atoms with Crippen LogP contribution in [-0.2, 0) is 35.4 Å². The number of nitrogen functional groups attached to an aromatic ring is 1. The molecule has 0 radical (unpaired) electrons. The second-order valence-corrected chi connectivity index (χ2v) is 13.1. The van der Waals surface area contributed by atoms with Crippen molar-refractivity contribution in [2.45, 2.75) is 29.0 Å². The zero-order chi connectivity index (χ0) is 34.7. The molecule has 0 spiro atoms. The molecule has 1 fully saturated rings. The molecule has 2 unspecified atom stereocenters. The van der Waals surface area contributed by atoms with Crippen LogP contribution in [0.3, 0.4) is 0 Å². The van der Waals surface area contributed by atoms with Crippen LogP contribution in [0.2, 0.25) is 0 Å². The number of nitrogens with two attached hydrogens (primary N) is 1. The highest BCUT2D eigenvalue weighted by molar-refractivity contribution is 8.01. The molecule has 3 aromatic rings. The van der Waals surface area contributed by atoms with Gasteiger partial charge in [-0.05, 0) is 17.7 Å². The number of rotatable bonds is 13. The van der Waals surface area contributed by atoms with Gasteiger partial charge in [0.05, 0.1) is 0 Å². The van der Waals surface area contributed by atoms with Crippen molar-refractivity contribution < 1.29 is 58.9 Å². The van der Waals surface area contributed by atoms with E-state index in [-0.39, 0.29) is 40.1 Å². The van der Waals surface area contributed by atoms with E-state index in [9.17, 15) is 44.4 Å². The van der Waals surface area contributed by atoms with Crippen molar-refractivity contribution in [3.8, 4) is 11.5 Å². The van der Waals surface area contributed by atoms with Crippen LogP contribution >= 0.6 is 34.9 Å². The van der Waals surface area contributed by atoms with E-state index in [2.05, 4.69) is 15.5 Å². The number of amides is 2. The van der Waals surface area contributed by atoms with Crippen LogP contribution in [0.5, 0.6) is 11.5 Å². The standard InChI is InChI=1S/C28H24N6O11S3/c29-28-30-15(11-48-28)19(32-45-22(27(43)44)12-1-2-16(35)17(36)7-12)23(39)31-20-24(40)34-21(26(41)42)13(10-47-25(20)34)9-46-14-3-5-33(6-4-14)8-18(37)38/h1-7,11,20,22,25H,8-10H2,(H7-,29,30,31,32,35,36,37,38,39,41,42,43,44)/p+1/t20?,22?,25-/m0/s1. The Morgan fingerprint density at radius 2 is 1.88 bits per heavy atom. The summed E-state index contributed by atoms with van der Waals surface area (Å²) in [4.78, 5) is 72.9. The van der Waals surface area contributed by atoms with Crippen molar-refractivity contribution >= 4 is 75.4 Å². The van der Waals surface area contributed by atoms with Gasteiger partial charge in [0.25, 0.3) is 11.8 Å². The second-order valence-electron chi connectivity index (χ2n) is 10.1. The first-order chi connectivity index (χ1) is 22.8. The number of fused-ring (bicyclic) bond motifs is 1. The summed E-state index contributed by atoms with van der Waals surface area (Å²) in [5.41, 5.74) is 5.26. The number of carbonyl (C=O) groups excluding carboxylic acids is 2. The van der Waals surface area contributed by atoms with E-state index >= 15 is 0 Å². The Morgan fingerprint density at radius 3 is 2.48 bits per heavy atom. The summed E-state index contributed by atoms with van der Waals surface area (Å²) in [6.45, 7) is -0.210. The maximum atomic E-state index is 13.5. The Balaban J connectivity index is 1.32. The van der Waals surface area contributed by atoms with E-state index in [0.717, 1.165) is 33.3 Å². The number of carboxylic acids is 3. The van der Waals surface area contributed by atoms with Gasteiger partial charge in [-0.25, -0.2) is 19.4 Å². The highest BCUT2D eigenvalue weighted by Crippen LogP contribution is 2.41. The lowest BCUT2D eigenvalue weighted by molar-refractivity contribution is -0.686. The number of carbonyl (C=O) groups is 5. The third kappa shape index (κ3) is 7.29. The summed E-state index contributed by atoms with van der Waals surface area (Å²) < 4.78 is 1.47. The SMILES string of the molecule is Nc1nc(C(=NOC(C(=O)O)c2ccc(O)c(O)c2)C(=O)NC2C(=O)N3C(C(=O)O)=C(CSc4cc[n+](CC(=O)O)cc4)CS[C@@H]23)cs1. The Kier molecular flexibility index (Phi) is 10.1. The zero-order valence-corrected chi connectivity index (χ0v) is 26.7. The van der Waals surface area contributed by atoms with Gasteiger partial charge in [0.15, 0.2) is 34.7 Å². The number of thiazole rings is 1. The lowest BCUT2D eigenvalue weighted by atomic mass is 10.0. The van der Waals surface area contributed by atoms with E-state index in [0.29, 0.717) is 5.57 Å². The smallest absolute Gasteiger partial charge is 0.370 e. The van der Waals surface area contributed by atoms with Gasteiger partial charge < -0.3 is 41.4 Å². The number of β-lactam (4-membered cyclic amide) rings is 1. The highest BCUT2D eigenvalue weighted by Gasteiger charge is 2.54. The molecule has 17 nitrogen and oxygen atoms in total. The van der Waals surface area contributed by atoms with Crippen molar-refractivity contribution in [1.82, 2.24) is 15.2 Å². The molecule has 48 heavy (non-hydrogen) atoms. The number of pyridine rings is 1. The molecule has 20 heteroatoms. The van der Waals surface area contributed by atoms with E-state index in [1.165, 1.54) is 39.5 Å². The summed E-state index contributed by atoms with van der Waals surface area (Å²) >= 11 is 3.50. The summed E-state index contributed by atoms with van der Waals surface area (Å²) in [5.74, 6) is -6.20. The molecule has 3 atom stereocenters. The number of hydrogen-bond donors (Lipinski definition) is 7. The van der Waals surface area contributed by atoms with Crippen molar-refractivity contribution in [1.29, 1.82) is 0 Å². The second kappa shape index (κ2) is 14.2. The number of hydrogen-bond acceptors (Lipinski definition) is 14. The van der Waals surface area contributed by atoms with Crippen LogP contribution in [0.15, 0.2) is 69.4 Å². The number of phenols is 2. The van der Waals surface area contributed by atoms with Gasteiger partial charge in [-0.3, -0.25) is 14.5 Å². The fourth-order valence-electron chi connectivity index (χ4n) is 4.63. The third-order valence-electron chi connectivity index (χ3n) is 6.88. The molecule has 2 aliphatic heterocycles. The van der Waals surface area contributed by atoms with Crippen molar-refractivity contribution in [2.24, 2.45) is 5.16 Å². The van der Waals surface area contributed by atoms with Crippen LogP contribution in [0, 0.1) is 0 Å². The number of nitrogens with one attached hydrogen (secondary N) is 1. The summed E-state index contributed by atoms with van der Waals surface area (Å²) in [6.07, 6.45) is 1.35. The number of oxime groups is 1. The monoisotopic (exact) mass is 717 g/mol. The molecule has 5 rings (SSSR count). The van der Waals surface area contributed by atoms with Crippen LogP contribution in [0.25, 0.3) is 0 Å². The Morgan fingerprint density at radius 1 is 1.15 bits per heavy atom. The summed E-state index contributed by atoms with van der Waals surface area (Å²) in [6, 6.07) is 5.38. The average Bonchev–Trinajstić information content (AvgIpc) is 3.47. The molecule has 2 aliphatic rings. The molecule has 4 heterocycles. The first kappa shape index (κ1) is 34.0. The fourth-order valence-corrected chi connectivity index (χ4v) is 7.55. The Hall–Kier alpha value is -5.34. The van der Waals surface area contributed by atoms with Gasteiger partial charge in [-0.2, -0.15) is 4.57 Å². The number of aromatic hydroxyl groups is 2. The van der Waals surface area contributed by atoms with Gasteiger partial charge in [0, 0.05) is 39.5 Å². The maximum Gasteiger partial charge on any atom is 0.370 e. The van der Waals surface area contributed by atoms with E-state index < -0.39 is 64.5 Å². The first-order valence-corrected chi connectivity index (χ1v) is 16.5. The van der Waals surface area contributed by atoms with Gasteiger partial charge in [0.1, 0.15) is 22.8 Å². The zero-order valence-electron chi connectivity index (χ0n) is 24.2. The van der Waals surface area contributed by atoms with Gasteiger partial charge in [-0.1, -0.05) is 11.2 Å². The molecule has 250 valence electrons. The Bertz CT molecular complexity index is 1860. The van der Waals surface area contributed by atoms with Crippen molar-refractivity contribution in [3.63, 3.8) is 0 Å². The summed E-state index contributed by atoms with van der Waals surface area (Å²) in [7, 11) is 0. The molecule has 8 N–H and O–H groups in total. The number of benzene rings is 1. The first-order valence-electron chi connectivity index (χ1n) is 13.6. The predicted octanol–water partition coefficient (Wildman–Crippen LogP) is 0.586. The number of aromatic nitrogens is 2. The molecule has 2 aromatic heterocycles. The minimum atomic E-state index is -1.83. The van der Waals surface area contributed by atoms with Crippen LogP contribution in [0.1, 0.15) is 17.4 Å². The number of thioether (sulfide) groups is 2. The van der Waals surface area contributed by atoms with E-state index in [4.69, 9.17) is 15.7 Å². The van der Waals surface area contributed by atoms with E-state index in [1.807, 2.05) is 0 Å². The van der Waals surface area contributed by atoms with Crippen LogP contribution in [-0.4, -0.2) is 93.8 Å². The van der Waals surface area contributed by atoms with E-state index in [1.54, 1.807) is 24.5 Å². The minimum Gasteiger partial charge on any atom is -0.504 e. The lowest BCUT2D eigenvalue weighted by Crippen LogP contribution is -2.71. The molecular weight excluding hydrogens is 693 g/mol. The number of carboxylic acid groups (broad SMARTS) is 3. The largest absolute Gasteiger partial charge is 0.504 e. The van der Waals surface area contributed by atoms with Crippen molar-refractivity contribution in [2.75, 3.05) is 17.2 Å². The molecule has 1 saturated heterocycles. The third-order valence-corrected chi connectivity index (χ3v) is 10.00. The highest BCUT2D eigenvalue weighted by atomic mass is 32.2. The molecule has 0 aliphatic carbocycles. The fraction of sp³-hybridized carbons (Fsp3) is 0.214. The topological polar surface area (TPSA) is 266 Å². The number of aliphatic carboxylic acids is 3. The summed E-state index contributed by atoms with van der Waals surface area (Å²) in [5, 5.41) is 54.9. The number of phenolic OH excluding ortho intramolecular Hbond substituents is 2. The van der Waals surface area contributed by atoms with Crippen LogP contribution in [0.4, 0.5) is 5.13 Å². The number of nitrogens with zero attached hydrogens (tertiary/aromatic N) is 4. The predicted molar refractivity (Wildman–Crippen MR) is 169 cm³/mol. The van der Waals surface area contributed by atoms with Gasteiger partial charge >= 0.3 is 17.9 Å². The normalized spacial score (nSPS) is 18.0. The van der Waals surface area contributed by atoms with Crippen molar-refractivity contribution in [3.05, 3.63) is 70.6 Å². The van der Waals surface area contributed by atoms with Gasteiger partial charge in [-0.15, -0.1) is 34.9 Å². The average molecular weight is 718 g/mol. The molecule has 1 aromatic carbocycles. The lowest BCUT2D eigenvalue weighted by Gasteiger charge is -2.49. The Labute approximate surface area is 282 Å². The minimum absolute atomic E-state index is 0.0501. The molecular formula is C28H25N6O11S3+. The van der Waals surface area contributed by atoms with Gasteiger partial charge in [0.2, 0.25) is 12.6 Å². The molecule has 0 saturated carbocycles. The van der Waals surface area contributed by atoms with Crippen LogP contribution < -0.4 is 15.6 Å². The number of anilines is 1.